The van der Waals surface area contributed by atoms with Gasteiger partial charge in [0, 0.05) is 10.9 Å². The number of nitrogens with zero attached hydrogens (tertiary/aromatic N) is 1. The molecule has 0 aliphatic carbocycles. The molecule has 0 N–H and O–H groups in total. The number of thiophene rings is 1. The van der Waals surface area contributed by atoms with Gasteiger partial charge in [0.25, 0.3) is 0 Å². The Morgan fingerprint density at radius 2 is 2.16 bits per heavy atom. The fourth-order valence-corrected chi connectivity index (χ4v) is 2.69. The molecule has 0 saturated heterocycles. The third-order valence-corrected chi connectivity index (χ3v) is 3.84. The van der Waals surface area contributed by atoms with Gasteiger partial charge in [0.15, 0.2) is 6.29 Å². The predicted molar refractivity (Wildman–Crippen MR) is 77.0 cm³/mol. The van der Waals surface area contributed by atoms with Crippen molar-refractivity contribution in [3.05, 3.63) is 47.3 Å². The molecule has 0 saturated carbocycles. The maximum atomic E-state index is 11.3. The highest BCUT2D eigenvalue weighted by Crippen LogP contribution is 2.28. The van der Waals surface area contributed by atoms with Gasteiger partial charge in [0.1, 0.15) is 5.75 Å². The minimum absolute atomic E-state index is 0.632. The van der Waals surface area contributed by atoms with Crippen molar-refractivity contribution in [3.63, 3.8) is 0 Å². The molecule has 3 rings (SSSR count). The molecule has 2 heterocycles. The summed E-state index contributed by atoms with van der Waals surface area (Å²) >= 11 is 1.61. The summed E-state index contributed by atoms with van der Waals surface area (Å²) in [7, 11) is 1.61. The highest BCUT2D eigenvalue weighted by Gasteiger charge is 2.08. The van der Waals surface area contributed by atoms with E-state index in [0.717, 1.165) is 33.5 Å². The molecule has 0 unspecified atom stereocenters. The number of pyridine rings is 1. The van der Waals surface area contributed by atoms with Crippen LogP contribution in [0.3, 0.4) is 0 Å². The van der Waals surface area contributed by atoms with Crippen LogP contribution in [0.2, 0.25) is 0 Å². The number of carbonyl (C=O) groups is 1. The molecule has 0 spiro atoms. The zero-order valence-electron chi connectivity index (χ0n) is 10.3. The van der Waals surface area contributed by atoms with E-state index < -0.39 is 0 Å². The molecule has 4 heteroatoms. The smallest absolute Gasteiger partial charge is 0.150 e. The molecule has 0 bridgehead atoms. The van der Waals surface area contributed by atoms with Gasteiger partial charge >= 0.3 is 0 Å². The molecule has 0 fully saturated rings. The van der Waals surface area contributed by atoms with Crippen molar-refractivity contribution in [2.45, 2.75) is 0 Å². The van der Waals surface area contributed by atoms with E-state index >= 15 is 0 Å². The highest BCUT2D eigenvalue weighted by atomic mass is 32.1. The van der Waals surface area contributed by atoms with Crippen LogP contribution in [-0.2, 0) is 0 Å². The standard InChI is InChI=1S/C15H11NO2S/c1-18-11-4-5-13-12(8-11)10(9-17)7-14(16-13)15-3-2-6-19-15/h2-9H,1H3. The molecular formula is C15H11NO2S. The zero-order valence-corrected chi connectivity index (χ0v) is 11.1. The molecule has 3 nitrogen and oxygen atoms in total. The quantitative estimate of drug-likeness (QED) is 0.679. The molecule has 0 aliphatic heterocycles. The van der Waals surface area contributed by atoms with Crippen LogP contribution in [0.1, 0.15) is 10.4 Å². The Hall–Kier alpha value is -2.20. The first-order valence-corrected chi connectivity index (χ1v) is 6.67. The van der Waals surface area contributed by atoms with Crippen LogP contribution in [0.25, 0.3) is 21.5 Å². The van der Waals surface area contributed by atoms with Crippen molar-refractivity contribution in [1.29, 1.82) is 0 Å². The van der Waals surface area contributed by atoms with Gasteiger partial charge in [-0.05, 0) is 35.7 Å². The van der Waals surface area contributed by atoms with Crippen molar-refractivity contribution >= 4 is 28.5 Å². The highest BCUT2D eigenvalue weighted by molar-refractivity contribution is 7.13. The first-order chi connectivity index (χ1) is 9.31. The molecule has 3 aromatic rings. The van der Waals surface area contributed by atoms with Gasteiger partial charge < -0.3 is 4.74 Å². The third kappa shape index (κ3) is 2.11. The maximum Gasteiger partial charge on any atom is 0.150 e. The lowest BCUT2D eigenvalue weighted by atomic mass is 10.1. The Morgan fingerprint density at radius 3 is 2.84 bits per heavy atom. The Labute approximate surface area is 114 Å². The molecular weight excluding hydrogens is 258 g/mol. The lowest BCUT2D eigenvalue weighted by Crippen LogP contribution is -1.91. The number of fused-ring (bicyclic) bond motifs is 1. The SMILES string of the molecule is COc1ccc2nc(-c3cccs3)cc(C=O)c2c1. The van der Waals surface area contributed by atoms with Crippen LogP contribution < -0.4 is 4.74 Å². The Balaban J connectivity index is 2.27. The summed E-state index contributed by atoms with van der Waals surface area (Å²) in [5.74, 6) is 0.723. The van der Waals surface area contributed by atoms with Crippen LogP contribution >= 0.6 is 11.3 Å². The van der Waals surface area contributed by atoms with Crippen LogP contribution in [0.5, 0.6) is 5.75 Å². The predicted octanol–water partition coefficient (Wildman–Crippen LogP) is 3.78. The summed E-state index contributed by atoms with van der Waals surface area (Å²) in [6, 6.07) is 11.3. The molecule has 0 aliphatic rings. The topological polar surface area (TPSA) is 39.2 Å². The van der Waals surface area contributed by atoms with Gasteiger partial charge in [-0.2, -0.15) is 0 Å². The van der Waals surface area contributed by atoms with Crippen LogP contribution in [0, 0.1) is 0 Å². The fourth-order valence-electron chi connectivity index (χ4n) is 2.01. The van der Waals surface area contributed by atoms with Crippen molar-refractivity contribution in [2.24, 2.45) is 0 Å². The summed E-state index contributed by atoms with van der Waals surface area (Å²) in [6.07, 6.45) is 0.862. The van der Waals surface area contributed by atoms with Crippen LogP contribution in [-0.4, -0.2) is 18.4 Å². The maximum absolute atomic E-state index is 11.3. The number of methoxy groups -OCH3 is 1. The normalized spacial score (nSPS) is 10.6. The molecule has 2 aromatic heterocycles. The third-order valence-electron chi connectivity index (χ3n) is 2.95. The second-order valence-corrected chi connectivity index (χ2v) is 5.02. The van der Waals surface area contributed by atoms with Crippen molar-refractivity contribution in [3.8, 4) is 16.3 Å². The summed E-state index contributed by atoms with van der Waals surface area (Å²) in [5.41, 5.74) is 2.26. The summed E-state index contributed by atoms with van der Waals surface area (Å²) < 4.78 is 5.18. The lowest BCUT2D eigenvalue weighted by Gasteiger charge is -2.06. The molecule has 19 heavy (non-hydrogen) atoms. The zero-order chi connectivity index (χ0) is 13.2. The summed E-state index contributed by atoms with van der Waals surface area (Å²) in [6.45, 7) is 0. The monoisotopic (exact) mass is 269 g/mol. The largest absolute Gasteiger partial charge is 0.497 e. The van der Waals surface area contributed by atoms with E-state index in [1.807, 2.05) is 41.8 Å². The molecule has 0 atom stereocenters. The van der Waals surface area contributed by atoms with E-state index in [9.17, 15) is 4.79 Å². The van der Waals surface area contributed by atoms with Gasteiger partial charge in [-0.1, -0.05) is 6.07 Å². The average Bonchev–Trinajstić information content (AvgIpc) is 2.99. The van der Waals surface area contributed by atoms with Gasteiger partial charge in [-0.15, -0.1) is 11.3 Å². The number of carbonyl (C=O) groups excluding carboxylic acids is 1. The minimum atomic E-state index is 0.632. The van der Waals surface area contributed by atoms with Crippen molar-refractivity contribution in [2.75, 3.05) is 7.11 Å². The van der Waals surface area contributed by atoms with Crippen molar-refractivity contribution in [1.82, 2.24) is 4.98 Å². The minimum Gasteiger partial charge on any atom is -0.497 e. The summed E-state index contributed by atoms with van der Waals surface area (Å²) in [4.78, 5) is 16.9. The summed E-state index contributed by atoms with van der Waals surface area (Å²) in [5, 5.41) is 2.81. The second kappa shape index (κ2) is 4.82. The lowest BCUT2D eigenvalue weighted by molar-refractivity contribution is 0.112. The number of hydrogen-bond donors (Lipinski definition) is 0. The van der Waals surface area contributed by atoms with Gasteiger partial charge in [0.05, 0.1) is 23.2 Å². The van der Waals surface area contributed by atoms with Crippen molar-refractivity contribution < 1.29 is 9.53 Å². The van der Waals surface area contributed by atoms with Gasteiger partial charge in [-0.3, -0.25) is 4.79 Å². The number of rotatable bonds is 3. The van der Waals surface area contributed by atoms with E-state index in [0.29, 0.717) is 5.56 Å². The second-order valence-electron chi connectivity index (χ2n) is 4.07. The van der Waals surface area contributed by atoms with E-state index in [2.05, 4.69) is 4.98 Å². The van der Waals surface area contributed by atoms with E-state index in [1.165, 1.54) is 0 Å². The van der Waals surface area contributed by atoms with Gasteiger partial charge in [0.2, 0.25) is 0 Å². The first kappa shape index (κ1) is 11.9. The molecule has 1 aromatic carbocycles. The first-order valence-electron chi connectivity index (χ1n) is 5.79. The Morgan fingerprint density at radius 1 is 1.26 bits per heavy atom. The van der Waals surface area contributed by atoms with Gasteiger partial charge in [-0.25, -0.2) is 4.98 Å². The number of hydrogen-bond acceptors (Lipinski definition) is 4. The number of benzene rings is 1. The average molecular weight is 269 g/mol. The van der Waals surface area contributed by atoms with E-state index in [-0.39, 0.29) is 0 Å². The molecule has 94 valence electrons. The van der Waals surface area contributed by atoms with E-state index in [4.69, 9.17) is 4.74 Å². The Bertz CT molecular complexity index is 735. The number of aromatic nitrogens is 1. The van der Waals surface area contributed by atoms with E-state index in [1.54, 1.807) is 18.4 Å². The molecule has 0 radical (unpaired) electrons. The number of aldehydes is 1. The molecule has 0 amide bonds. The Kier molecular flexibility index (Phi) is 3.01. The number of ether oxygens (including phenoxy) is 1. The van der Waals surface area contributed by atoms with Crippen LogP contribution in [0.15, 0.2) is 41.8 Å². The fraction of sp³-hybridized carbons (Fsp3) is 0.0667. The van der Waals surface area contributed by atoms with Crippen LogP contribution in [0.4, 0.5) is 0 Å².